The fourth-order valence-electron chi connectivity index (χ4n) is 4.09. The van der Waals surface area contributed by atoms with Gasteiger partial charge in [0.1, 0.15) is 17.6 Å². The zero-order chi connectivity index (χ0) is 25.0. The Hall–Kier alpha value is -3.12. The van der Waals surface area contributed by atoms with Crippen LogP contribution >= 0.6 is 0 Å². The van der Waals surface area contributed by atoms with Crippen molar-refractivity contribution < 1.29 is 19.1 Å². The number of aryl methyl sites for hydroxylation is 1. The lowest BCUT2D eigenvalue weighted by Crippen LogP contribution is -2.43. The summed E-state index contributed by atoms with van der Waals surface area (Å²) in [4.78, 5) is 18.8. The van der Waals surface area contributed by atoms with Gasteiger partial charge in [-0.15, -0.1) is 0 Å². The van der Waals surface area contributed by atoms with Gasteiger partial charge in [0, 0.05) is 12.0 Å². The highest BCUT2D eigenvalue weighted by Crippen LogP contribution is 2.22. The number of hydrogen-bond donors (Lipinski definition) is 1. The number of ether oxygens (including phenoxy) is 1. The number of unbranched alkanes of at least 4 members (excludes halogenated alkanes) is 2. The second kappa shape index (κ2) is 13.7. The molecule has 1 aromatic heterocycles. The van der Waals surface area contributed by atoms with Crippen molar-refractivity contribution in [1.29, 1.82) is 0 Å². The van der Waals surface area contributed by atoms with Crippen molar-refractivity contribution in [3.05, 3.63) is 71.6 Å². The number of aliphatic carboxylic acids is 1. The molecule has 0 aliphatic carbocycles. The van der Waals surface area contributed by atoms with Crippen molar-refractivity contribution in [2.24, 2.45) is 0 Å². The molecule has 0 radical (unpaired) electrons. The van der Waals surface area contributed by atoms with Gasteiger partial charge in [0.2, 0.25) is 5.89 Å². The van der Waals surface area contributed by atoms with Crippen LogP contribution in [-0.4, -0.2) is 46.7 Å². The molecule has 188 valence electrons. The van der Waals surface area contributed by atoms with E-state index in [0.29, 0.717) is 25.3 Å². The average Bonchev–Trinajstić information content (AvgIpc) is 3.24. The van der Waals surface area contributed by atoms with E-state index in [1.54, 1.807) is 0 Å². The second-order valence-electron chi connectivity index (χ2n) is 8.93. The molecule has 0 unspecified atom stereocenters. The molecule has 6 nitrogen and oxygen atoms in total. The molecule has 6 heteroatoms. The van der Waals surface area contributed by atoms with E-state index >= 15 is 0 Å². The molecule has 0 saturated carbocycles. The summed E-state index contributed by atoms with van der Waals surface area (Å²) in [6, 6.07) is 17.1. The molecule has 0 amide bonds. The topological polar surface area (TPSA) is 75.8 Å². The minimum Gasteiger partial charge on any atom is -0.493 e. The van der Waals surface area contributed by atoms with Crippen LogP contribution in [0.3, 0.4) is 0 Å². The standard InChI is InChI=1S/C29H38N2O4/c1-4-6-18-31(19-7-5-2)27(29(32)33)21-23-13-15-25(16-14-23)34-20-17-26-22(3)35-28(30-26)24-11-9-8-10-12-24/h8-16,27H,4-7,17-21H2,1-3H3,(H,32,33)/t27-/m0/s1. The zero-order valence-corrected chi connectivity index (χ0v) is 21.2. The highest BCUT2D eigenvalue weighted by molar-refractivity contribution is 5.74. The van der Waals surface area contributed by atoms with Gasteiger partial charge in [0.05, 0.1) is 12.3 Å². The molecule has 1 atom stereocenters. The zero-order valence-electron chi connectivity index (χ0n) is 21.2. The van der Waals surface area contributed by atoms with Crippen molar-refractivity contribution in [2.45, 2.75) is 65.3 Å². The molecular formula is C29H38N2O4. The third-order valence-electron chi connectivity index (χ3n) is 6.20. The van der Waals surface area contributed by atoms with Gasteiger partial charge < -0.3 is 14.3 Å². The van der Waals surface area contributed by atoms with E-state index < -0.39 is 12.0 Å². The molecular weight excluding hydrogens is 440 g/mol. The second-order valence-corrected chi connectivity index (χ2v) is 8.93. The number of nitrogens with zero attached hydrogens (tertiary/aromatic N) is 2. The van der Waals surface area contributed by atoms with Gasteiger partial charge in [-0.1, -0.05) is 57.0 Å². The van der Waals surface area contributed by atoms with Crippen LogP contribution in [-0.2, 0) is 17.6 Å². The normalized spacial score (nSPS) is 12.1. The first-order valence-corrected chi connectivity index (χ1v) is 12.7. The van der Waals surface area contributed by atoms with Gasteiger partial charge in [-0.05, 0) is 69.1 Å². The lowest BCUT2D eigenvalue weighted by atomic mass is 10.0. The largest absolute Gasteiger partial charge is 0.493 e. The maximum atomic E-state index is 12.1. The SMILES string of the molecule is CCCCN(CCCC)[C@@H](Cc1ccc(OCCc2nc(-c3ccccc3)oc2C)cc1)C(=O)O. The van der Waals surface area contributed by atoms with Crippen LogP contribution in [0, 0.1) is 6.92 Å². The molecule has 0 aliphatic rings. The van der Waals surface area contributed by atoms with Crippen LogP contribution in [0.2, 0.25) is 0 Å². The molecule has 3 aromatic rings. The Morgan fingerprint density at radius 3 is 2.29 bits per heavy atom. The van der Waals surface area contributed by atoms with Gasteiger partial charge in [0.25, 0.3) is 0 Å². The number of rotatable bonds is 15. The van der Waals surface area contributed by atoms with Crippen LogP contribution in [0.1, 0.15) is 56.5 Å². The van der Waals surface area contributed by atoms with E-state index in [1.807, 2.05) is 61.5 Å². The van der Waals surface area contributed by atoms with Crippen LogP contribution < -0.4 is 4.74 Å². The molecule has 0 bridgehead atoms. The number of oxazole rings is 1. The van der Waals surface area contributed by atoms with E-state index in [4.69, 9.17) is 9.15 Å². The van der Waals surface area contributed by atoms with E-state index in [2.05, 4.69) is 23.7 Å². The molecule has 2 aromatic carbocycles. The minimum absolute atomic E-state index is 0.487. The Bertz CT molecular complexity index is 1020. The fraction of sp³-hybridized carbons (Fsp3) is 0.448. The molecule has 1 heterocycles. The molecule has 0 fully saturated rings. The van der Waals surface area contributed by atoms with Gasteiger partial charge >= 0.3 is 5.97 Å². The summed E-state index contributed by atoms with van der Waals surface area (Å²) in [6.07, 6.45) is 5.28. The lowest BCUT2D eigenvalue weighted by Gasteiger charge is -2.29. The number of carbonyl (C=O) groups is 1. The average molecular weight is 479 g/mol. The number of aromatic nitrogens is 1. The van der Waals surface area contributed by atoms with E-state index in [0.717, 1.165) is 67.1 Å². The van der Waals surface area contributed by atoms with Crippen molar-refractivity contribution >= 4 is 5.97 Å². The van der Waals surface area contributed by atoms with Crippen LogP contribution in [0.5, 0.6) is 5.75 Å². The summed E-state index contributed by atoms with van der Waals surface area (Å²) < 4.78 is 11.8. The Labute approximate surface area is 208 Å². The smallest absolute Gasteiger partial charge is 0.321 e. The molecule has 1 N–H and O–H groups in total. The third-order valence-corrected chi connectivity index (χ3v) is 6.20. The summed E-state index contributed by atoms with van der Waals surface area (Å²) in [7, 11) is 0. The molecule has 3 rings (SSSR count). The number of carboxylic acids is 1. The quantitative estimate of drug-likeness (QED) is 0.282. The van der Waals surface area contributed by atoms with E-state index in [9.17, 15) is 9.90 Å². The number of carboxylic acid groups (broad SMARTS) is 1. The predicted octanol–water partition coefficient (Wildman–Crippen LogP) is 6.17. The van der Waals surface area contributed by atoms with Crippen molar-refractivity contribution in [3.63, 3.8) is 0 Å². The van der Waals surface area contributed by atoms with Crippen molar-refractivity contribution in [2.75, 3.05) is 19.7 Å². The molecule has 0 aliphatic heterocycles. The van der Waals surface area contributed by atoms with Crippen LogP contribution in [0.25, 0.3) is 11.5 Å². The number of hydrogen-bond acceptors (Lipinski definition) is 5. The monoisotopic (exact) mass is 478 g/mol. The van der Waals surface area contributed by atoms with E-state index in [1.165, 1.54) is 0 Å². The van der Waals surface area contributed by atoms with Gasteiger partial charge in [0.15, 0.2) is 0 Å². The highest BCUT2D eigenvalue weighted by atomic mass is 16.5. The van der Waals surface area contributed by atoms with E-state index in [-0.39, 0.29) is 0 Å². The summed E-state index contributed by atoms with van der Waals surface area (Å²) >= 11 is 0. The molecule has 0 saturated heterocycles. The minimum atomic E-state index is -0.754. The Kier molecular flexibility index (Phi) is 10.4. The highest BCUT2D eigenvalue weighted by Gasteiger charge is 2.25. The summed E-state index contributed by atoms with van der Waals surface area (Å²) in [5.41, 5.74) is 2.85. The van der Waals surface area contributed by atoms with Crippen LogP contribution in [0.15, 0.2) is 59.0 Å². The van der Waals surface area contributed by atoms with Gasteiger partial charge in [-0.3, -0.25) is 9.69 Å². The lowest BCUT2D eigenvalue weighted by molar-refractivity contribution is -0.143. The third kappa shape index (κ3) is 7.96. The first-order valence-electron chi connectivity index (χ1n) is 12.7. The Morgan fingerprint density at radius 2 is 1.69 bits per heavy atom. The Balaban J connectivity index is 1.55. The summed E-state index contributed by atoms with van der Waals surface area (Å²) in [5.74, 6) is 1.44. The van der Waals surface area contributed by atoms with Crippen molar-refractivity contribution in [3.8, 4) is 17.2 Å². The summed E-state index contributed by atoms with van der Waals surface area (Å²) in [6.45, 7) is 8.33. The number of benzene rings is 2. The maximum Gasteiger partial charge on any atom is 0.321 e. The maximum absolute atomic E-state index is 12.1. The Morgan fingerprint density at radius 1 is 1.03 bits per heavy atom. The van der Waals surface area contributed by atoms with Gasteiger partial charge in [-0.25, -0.2) is 4.98 Å². The fourth-order valence-corrected chi connectivity index (χ4v) is 4.09. The first-order chi connectivity index (χ1) is 17.0. The van der Waals surface area contributed by atoms with Crippen LogP contribution in [0.4, 0.5) is 0 Å². The summed E-state index contributed by atoms with van der Waals surface area (Å²) in [5, 5.41) is 9.90. The predicted molar refractivity (Wildman–Crippen MR) is 139 cm³/mol. The van der Waals surface area contributed by atoms with Crippen molar-refractivity contribution in [1.82, 2.24) is 9.88 Å². The molecule has 0 spiro atoms. The first kappa shape index (κ1) is 26.5. The van der Waals surface area contributed by atoms with Gasteiger partial charge in [-0.2, -0.15) is 0 Å². The molecule has 35 heavy (non-hydrogen) atoms.